The maximum Gasteiger partial charge on any atom is 0.0712 e. The number of ether oxygens (including phenoxy) is 1. The summed E-state index contributed by atoms with van der Waals surface area (Å²) in [6.45, 7) is 9.36. The Bertz CT molecular complexity index is 243. The number of piperazine rings is 1. The molecule has 0 aromatic rings. The van der Waals surface area contributed by atoms with Crippen molar-refractivity contribution < 1.29 is 4.74 Å². The van der Waals surface area contributed by atoms with E-state index in [0.29, 0.717) is 6.10 Å². The minimum atomic E-state index is 0.449. The zero-order valence-electron chi connectivity index (χ0n) is 10.7. The van der Waals surface area contributed by atoms with E-state index in [1.54, 1.807) is 0 Å². The first-order chi connectivity index (χ1) is 8.42. The highest BCUT2D eigenvalue weighted by molar-refractivity contribution is 4.87. The summed E-state index contributed by atoms with van der Waals surface area (Å²) in [6.07, 6.45) is 4.47. The molecular formula is C13H25N3O. The highest BCUT2D eigenvalue weighted by Gasteiger charge is 2.30. The summed E-state index contributed by atoms with van der Waals surface area (Å²) in [5.74, 6) is 0. The van der Waals surface area contributed by atoms with Gasteiger partial charge in [-0.25, -0.2) is 0 Å². The van der Waals surface area contributed by atoms with Crippen molar-refractivity contribution >= 4 is 0 Å². The second-order valence-corrected chi connectivity index (χ2v) is 5.62. The molecule has 3 aliphatic heterocycles. The molecule has 3 rings (SSSR count). The number of nitrogens with zero attached hydrogens (tertiary/aromatic N) is 2. The largest absolute Gasteiger partial charge is 0.376 e. The highest BCUT2D eigenvalue weighted by atomic mass is 16.5. The maximum absolute atomic E-state index is 5.76. The van der Waals surface area contributed by atoms with E-state index in [9.17, 15) is 0 Å². The molecule has 17 heavy (non-hydrogen) atoms. The molecule has 2 atom stereocenters. The van der Waals surface area contributed by atoms with Crippen LogP contribution in [0.5, 0.6) is 0 Å². The molecule has 3 aliphatic rings. The lowest BCUT2D eigenvalue weighted by atomic mass is 10.1. The molecule has 0 amide bonds. The highest BCUT2D eigenvalue weighted by Crippen LogP contribution is 2.21. The van der Waals surface area contributed by atoms with Crippen LogP contribution >= 0.6 is 0 Å². The van der Waals surface area contributed by atoms with Crippen molar-refractivity contribution in [3.8, 4) is 0 Å². The van der Waals surface area contributed by atoms with Crippen molar-refractivity contribution in [2.75, 3.05) is 52.4 Å². The van der Waals surface area contributed by atoms with E-state index >= 15 is 0 Å². The third-order valence-electron chi connectivity index (χ3n) is 4.44. The van der Waals surface area contributed by atoms with E-state index in [4.69, 9.17) is 4.74 Å². The molecule has 0 aromatic carbocycles. The molecule has 0 saturated carbocycles. The summed E-state index contributed by atoms with van der Waals surface area (Å²) < 4.78 is 5.76. The van der Waals surface area contributed by atoms with Crippen LogP contribution in [-0.4, -0.2) is 74.4 Å². The van der Waals surface area contributed by atoms with Crippen LogP contribution in [0.1, 0.15) is 19.3 Å². The Morgan fingerprint density at radius 1 is 1.24 bits per heavy atom. The molecule has 98 valence electrons. The number of nitrogens with one attached hydrogen (secondary N) is 1. The summed E-state index contributed by atoms with van der Waals surface area (Å²) >= 11 is 0. The molecule has 0 radical (unpaired) electrons. The lowest BCUT2D eigenvalue weighted by Crippen LogP contribution is -2.51. The van der Waals surface area contributed by atoms with Gasteiger partial charge in [0.1, 0.15) is 0 Å². The molecular weight excluding hydrogens is 214 g/mol. The SMILES string of the molecule is C1CC2CN(CCC3CNCCO3)CCN2C1. The summed E-state index contributed by atoms with van der Waals surface area (Å²) in [7, 11) is 0. The molecule has 4 heteroatoms. The third-order valence-corrected chi connectivity index (χ3v) is 4.44. The van der Waals surface area contributed by atoms with Gasteiger partial charge in [0.15, 0.2) is 0 Å². The van der Waals surface area contributed by atoms with Crippen molar-refractivity contribution in [1.82, 2.24) is 15.1 Å². The first kappa shape index (κ1) is 11.9. The van der Waals surface area contributed by atoms with Crippen molar-refractivity contribution in [1.29, 1.82) is 0 Å². The van der Waals surface area contributed by atoms with Crippen LogP contribution in [-0.2, 0) is 4.74 Å². The Morgan fingerprint density at radius 3 is 3.12 bits per heavy atom. The van der Waals surface area contributed by atoms with Crippen LogP contribution in [0.4, 0.5) is 0 Å². The average Bonchev–Trinajstić information content (AvgIpc) is 2.85. The normalized spacial score (nSPS) is 36.0. The second-order valence-electron chi connectivity index (χ2n) is 5.62. The topological polar surface area (TPSA) is 27.7 Å². The van der Waals surface area contributed by atoms with E-state index in [-0.39, 0.29) is 0 Å². The number of hydrogen-bond donors (Lipinski definition) is 1. The first-order valence-electron chi connectivity index (χ1n) is 7.20. The molecule has 1 N–H and O–H groups in total. The van der Waals surface area contributed by atoms with Crippen LogP contribution in [0.2, 0.25) is 0 Å². The molecule has 0 aliphatic carbocycles. The Labute approximate surface area is 104 Å². The smallest absolute Gasteiger partial charge is 0.0712 e. The van der Waals surface area contributed by atoms with Gasteiger partial charge in [-0.15, -0.1) is 0 Å². The van der Waals surface area contributed by atoms with Crippen LogP contribution in [0.25, 0.3) is 0 Å². The number of morpholine rings is 1. The first-order valence-corrected chi connectivity index (χ1v) is 7.20. The Hall–Kier alpha value is -0.160. The fourth-order valence-electron chi connectivity index (χ4n) is 3.39. The van der Waals surface area contributed by atoms with Gasteiger partial charge in [0.05, 0.1) is 12.7 Å². The molecule has 0 spiro atoms. The van der Waals surface area contributed by atoms with Gasteiger partial charge in [-0.2, -0.15) is 0 Å². The molecule has 2 unspecified atom stereocenters. The van der Waals surface area contributed by atoms with Gasteiger partial charge >= 0.3 is 0 Å². The lowest BCUT2D eigenvalue weighted by Gasteiger charge is -2.38. The zero-order valence-corrected chi connectivity index (χ0v) is 10.7. The summed E-state index contributed by atoms with van der Waals surface area (Å²) in [5, 5.41) is 3.41. The van der Waals surface area contributed by atoms with E-state index in [2.05, 4.69) is 15.1 Å². The standard InChI is InChI=1S/C13H25N3O/c1-2-12-11-15(7-8-16(12)5-1)6-3-13-10-14-4-9-17-13/h12-14H,1-11H2. The van der Waals surface area contributed by atoms with Crippen molar-refractivity contribution in [2.45, 2.75) is 31.4 Å². The van der Waals surface area contributed by atoms with Gasteiger partial charge in [-0.3, -0.25) is 4.90 Å². The summed E-state index contributed by atoms with van der Waals surface area (Å²) in [6, 6.07) is 0.856. The van der Waals surface area contributed by atoms with Gasteiger partial charge in [-0.05, 0) is 25.8 Å². The summed E-state index contributed by atoms with van der Waals surface area (Å²) in [4.78, 5) is 5.32. The molecule has 3 fully saturated rings. The van der Waals surface area contributed by atoms with Gasteiger partial charge in [-0.1, -0.05) is 0 Å². The van der Waals surface area contributed by atoms with Crippen molar-refractivity contribution in [3.63, 3.8) is 0 Å². The van der Waals surface area contributed by atoms with E-state index in [1.807, 2.05) is 0 Å². The average molecular weight is 239 g/mol. The Morgan fingerprint density at radius 2 is 2.24 bits per heavy atom. The van der Waals surface area contributed by atoms with Gasteiger partial charge < -0.3 is 15.0 Å². The lowest BCUT2D eigenvalue weighted by molar-refractivity contribution is 0.0115. The molecule has 3 heterocycles. The molecule has 0 bridgehead atoms. The van der Waals surface area contributed by atoms with Crippen LogP contribution in [0, 0.1) is 0 Å². The van der Waals surface area contributed by atoms with E-state index in [0.717, 1.165) is 25.7 Å². The Balaban J connectivity index is 1.40. The predicted molar refractivity (Wildman–Crippen MR) is 68.3 cm³/mol. The monoisotopic (exact) mass is 239 g/mol. The molecule has 0 aromatic heterocycles. The number of rotatable bonds is 3. The predicted octanol–water partition coefficient (Wildman–Crippen LogP) is 0.145. The van der Waals surface area contributed by atoms with Crippen LogP contribution in [0.3, 0.4) is 0 Å². The summed E-state index contributed by atoms with van der Waals surface area (Å²) in [5.41, 5.74) is 0. The van der Waals surface area contributed by atoms with Gasteiger partial charge in [0, 0.05) is 45.3 Å². The minimum absolute atomic E-state index is 0.449. The van der Waals surface area contributed by atoms with E-state index in [1.165, 1.54) is 52.0 Å². The molecule has 4 nitrogen and oxygen atoms in total. The zero-order chi connectivity index (χ0) is 11.5. The quantitative estimate of drug-likeness (QED) is 0.758. The minimum Gasteiger partial charge on any atom is -0.376 e. The van der Waals surface area contributed by atoms with Crippen LogP contribution < -0.4 is 5.32 Å². The fraction of sp³-hybridized carbons (Fsp3) is 1.00. The third kappa shape index (κ3) is 2.99. The van der Waals surface area contributed by atoms with E-state index < -0.39 is 0 Å². The van der Waals surface area contributed by atoms with Gasteiger partial charge in [0.2, 0.25) is 0 Å². The van der Waals surface area contributed by atoms with Crippen molar-refractivity contribution in [3.05, 3.63) is 0 Å². The fourth-order valence-corrected chi connectivity index (χ4v) is 3.39. The number of fused-ring (bicyclic) bond motifs is 1. The van der Waals surface area contributed by atoms with Crippen molar-refractivity contribution in [2.24, 2.45) is 0 Å². The van der Waals surface area contributed by atoms with Crippen LogP contribution in [0.15, 0.2) is 0 Å². The maximum atomic E-state index is 5.76. The Kier molecular flexibility index (Phi) is 3.96. The second kappa shape index (κ2) is 5.65. The molecule has 3 saturated heterocycles. The number of hydrogen-bond acceptors (Lipinski definition) is 4. The van der Waals surface area contributed by atoms with Gasteiger partial charge in [0.25, 0.3) is 0 Å².